The van der Waals surface area contributed by atoms with Crippen LogP contribution >= 0.6 is 0 Å². The van der Waals surface area contributed by atoms with E-state index in [1.165, 1.54) is 24.8 Å². The van der Waals surface area contributed by atoms with Crippen LogP contribution in [-0.4, -0.2) is 6.04 Å². The van der Waals surface area contributed by atoms with Crippen LogP contribution in [0, 0.1) is 11.8 Å². The third-order valence-electron chi connectivity index (χ3n) is 4.32. The molecule has 108 valence electrons. The fourth-order valence-electron chi connectivity index (χ4n) is 2.94. The van der Waals surface area contributed by atoms with E-state index in [4.69, 9.17) is 0 Å². The number of benzene rings is 1. The summed E-state index contributed by atoms with van der Waals surface area (Å²) in [6.07, 6.45) is 3.66. The molecule has 0 bridgehead atoms. The third-order valence-corrected chi connectivity index (χ3v) is 4.32. The quantitative estimate of drug-likeness (QED) is 0.679. The van der Waals surface area contributed by atoms with Crippen LogP contribution in [0.5, 0.6) is 0 Å². The van der Waals surface area contributed by atoms with Gasteiger partial charge in [-0.3, -0.25) is 0 Å². The van der Waals surface area contributed by atoms with Gasteiger partial charge in [0.25, 0.3) is 0 Å². The molecule has 0 saturated carbocycles. The minimum Gasteiger partial charge on any atom is -0.307 e. The van der Waals surface area contributed by atoms with Gasteiger partial charge in [-0.15, -0.1) is 0 Å². The fraction of sp³-hybridized carbons (Fsp3) is 0.667. The van der Waals surface area contributed by atoms with Crippen molar-refractivity contribution < 1.29 is 0 Å². The van der Waals surface area contributed by atoms with E-state index in [0.29, 0.717) is 18.0 Å². The van der Waals surface area contributed by atoms with Crippen molar-refractivity contribution in [3.8, 4) is 0 Å². The van der Waals surface area contributed by atoms with Gasteiger partial charge in [-0.25, -0.2) is 0 Å². The van der Waals surface area contributed by atoms with Gasteiger partial charge in [0.2, 0.25) is 0 Å². The average Bonchev–Trinajstić information content (AvgIpc) is 2.44. The minimum absolute atomic E-state index is 0.489. The molecule has 1 N–H and O–H groups in total. The summed E-state index contributed by atoms with van der Waals surface area (Å²) in [5, 5.41) is 3.92. The Bertz CT molecular complexity index is 327. The molecule has 0 radical (unpaired) electrons. The lowest BCUT2D eigenvalue weighted by atomic mass is 9.87. The van der Waals surface area contributed by atoms with Crippen molar-refractivity contribution in [3.63, 3.8) is 0 Å². The maximum absolute atomic E-state index is 3.92. The van der Waals surface area contributed by atoms with E-state index in [1.807, 2.05) is 0 Å². The highest BCUT2D eigenvalue weighted by molar-refractivity contribution is 5.20. The van der Waals surface area contributed by atoms with Gasteiger partial charge in [0.1, 0.15) is 0 Å². The Morgan fingerprint density at radius 1 is 0.895 bits per heavy atom. The molecule has 0 aliphatic rings. The van der Waals surface area contributed by atoms with E-state index < -0.39 is 0 Å². The molecule has 2 atom stereocenters. The molecule has 0 amide bonds. The monoisotopic (exact) mass is 261 g/mol. The van der Waals surface area contributed by atoms with Gasteiger partial charge < -0.3 is 5.32 Å². The topological polar surface area (TPSA) is 12.0 Å². The molecular formula is C18H31N. The molecule has 0 aliphatic carbocycles. The molecule has 0 spiro atoms. The van der Waals surface area contributed by atoms with Crippen LogP contribution in [0.3, 0.4) is 0 Å². The highest BCUT2D eigenvalue weighted by Gasteiger charge is 2.23. The molecule has 0 saturated heterocycles. The predicted molar refractivity (Wildman–Crippen MR) is 85.3 cm³/mol. The molecule has 1 nitrogen and oxygen atoms in total. The summed E-state index contributed by atoms with van der Waals surface area (Å²) >= 11 is 0. The first-order valence-electron chi connectivity index (χ1n) is 7.94. The second-order valence-corrected chi connectivity index (χ2v) is 5.89. The lowest BCUT2D eigenvalue weighted by Crippen LogP contribution is -2.39. The van der Waals surface area contributed by atoms with Gasteiger partial charge in [-0.1, -0.05) is 77.8 Å². The molecular weight excluding hydrogens is 230 g/mol. The van der Waals surface area contributed by atoms with E-state index in [-0.39, 0.29) is 0 Å². The van der Waals surface area contributed by atoms with Crippen LogP contribution in [0.1, 0.15) is 65.5 Å². The van der Waals surface area contributed by atoms with Crippen LogP contribution < -0.4 is 5.32 Å². The zero-order valence-corrected chi connectivity index (χ0v) is 13.3. The molecule has 1 heteroatoms. The summed E-state index contributed by atoms with van der Waals surface area (Å²) in [5.74, 6) is 1.40. The Morgan fingerprint density at radius 2 is 1.47 bits per heavy atom. The highest BCUT2D eigenvalue weighted by atomic mass is 15.0. The fourth-order valence-corrected chi connectivity index (χ4v) is 2.94. The summed E-state index contributed by atoms with van der Waals surface area (Å²) in [5.41, 5.74) is 1.44. The van der Waals surface area contributed by atoms with Gasteiger partial charge in [0.15, 0.2) is 0 Å². The van der Waals surface area contributed by atoms with Crippen molar-refractivity contribution in [2.45, 2.75) is 66.0 Å². The van der Waals surface area contributed by atoms with E-state index in [9.17, 15) is 0 Å². The molecule has 0 heterocycles. The van der Waals surface area contributed by atoms with E-state index >= 15 is 0 Å². The molecule has 0 aliphatic heterocycles. The first kappa shape index (κ1) is 16.2. The van der Waals surface area contributed by atoms with Crippen molar-refractivity contribution >= 4 is 0 Å². The molecule has 1 rings (SSSR count). The Kier molecular flexibility index (Phi) is 7.15. The van der Waals surface area contributed by atoms with Crippen molar-refractivity contribution in [1.29, 1.82) is 0 Å². The number of nitrogens with one attached hydrogen (secondary N) is 1. The lowest BCUT2D eigenvalue weighted by Gasteiger charge is -2.33. The van der Waals surface area contributed by atoms with E-state index in [1.54, 1.807) is 0 Å². The average molecular weight is 261 g/mol. The number of hydrogen-bond acceptors (Lipinski definition) is 1. The second kappa shape index (κ2) is 8.37. The van der Waals surface area contributed by atoms with E-state index in [0.717, 1.165) is 5.92 Å². The normalized spacial score (nSPS) is 14.9. The minimum atomic E-state index is 0.489. The Morgan fingerprint density at radius 3 is 1.89 bits per heavy atom. The van der Waals surface area contributed by atoms with E-state index in [2.05, 4.69) is 70.3 Å². The zero-order valence-electron chi connectivity index (χ0n) is 13.3. The largest absolute Gasteiger partial charge is 0.307 e. The first-order valence-corrected chi connectivity index (χ1v) is 7.94. The van der Waals surface area contributed by atoms with Crippen molar-refractivity contribution in [1.82, 2.24) is 5.32 Å². The second-order valence-electron chi connectivity index (χ2n) is 5.89. The summed E-state index contributed by atoms with van der Waals surface area (Å²) in [6.45, 7) is 11.5. The Balaban J connectivity index is 2.92. The summed E-state index contributed by atoms with van der Waals surface area (Å²) in [7, 11) is 0. The summed E-state index contributed by atoms with van der Waals surface area (Å²) in [4.78, 5) is 0. The summed E-state index contributed by atoms with van der Waals surface area (Å²) < 4.78 is 0. The van der Waals surface area contributed by atoms with Crippen LogP contribution in [-0.2, 0) is 0 Å². The number of hydrogen-bond donors (Lipinski definition) is 1. The lowest BCUT2D eigenvalue weighted by molar-refractivity contribution is 0.270. The van der Waals surface area contributed by atoms with Gasteiger partial charge in [-0.05, 0) is 23.8 Å². The molecule has 0 aromatic heterocycles. The molecule has 19 heavy (non-hydrogen) atoms. The molecule has 2 unspecified atom stereocenters. The van der Waals surface area contributed by atoms with Gasteiger partial charge in [0, 0.05) is 12.1 Å². The Labute approximate surface area is 119 Å². The van der Waals surface area contributed by atoms with Gasteiger partial charge in [0.05, 0.1) is 0 Å². The SMILES string of the molecule is CCC(CC)C(NC(CC)C(C)C)c1ccccc1. The molecule has 1 aromatic rings. The van der Waals surface area contributed by atoms with Crippen LogP contribution in [0.4, 0.5) is 0 Å². The maximum atomic E-state index is 3.92. The standard InChI is InChI=1S/C18H31N/c1-6-15(7-2)18(16-12-10-9-11-13-16)19-17(8-3)14(4)5/h9-15,17-19H,6-8H2,1-5H3. The third kappa shape index (κ3) is 4.65. The van der Waals surface area contributed by atoms with Crippen LogP contribution in [0.25, 0.3) is 0 Å². The smallest absolute Gasteiger partial charge is 0.0350 e. The summed E-state index contributed by atoms with van der Waals surface area (Å²) in [6, 6.07) is 12.0. The highest BCUT2D eigenvalue weighted by Crippen LogP contribution is 2.29. The molecule has 0 fully saturated rings. The van der Waals surface area contributed by atoms with Crippen molar-refractivity contribution in [2.24, 2.45) is 11.8 Å². The van der Waals surface area contributed by atoms with Crippen LogP contribution in [0.15, 0.2) is 30.3 Å². The van der Waals surface area contributed by atoms with Gasteiger partial charge in [-0.2, -0.15) is 0 Å². The zero-order chi connectivity index (χ0) is 14.3. The van der Waals surface area contributed by atoms with Gasteiger partial charge >= 0.3 is 0 Å². The van der Waals surface area contributed by atoms with Crippen LogP contribution in [0.2, 0.25) is 0 Å². The first-order chi connectivity index (χ1) is 9.13. The predicted octanol–water partition coefficient (Wildman–Crippen LogP) is 5.19. The van der Waals surface area contributed by atoms with Crippen molar-refractivity contribution in [3.05, 3.63) is 35.9 Å². The number of rotatable bonds is 8. The molecule has 1 aromatic carbocycles. The van der Waals surface area contributed by atoms with Crippen molar-refractivity contribution in [2.75, 3.05) is 0 Å². The Hall–Kier alpha value is -0.820. The maximum Gasteiger partial charge on any atom is 0.0350 e.